The zero-order valence-corrected chi connectivity index (χ0v) is 12.2. The summed E-state index contributed by atoms with van der Waals surface area (Å²) in [5.41, 5.74) is 2.36. The second-order valence-electron chi connectivity index (χ2n) is 5.09. The topological polar surface area (TPSA) is 72.6 Å². The van der Waals surface area contributed by atoms with E-state index in [1.165, 1.54) is 12.1 Å². The minimum absolute atomic E-state index is 0.160. The fourth-order valence-corrected chi connectivity index (χ4v) is 2.14. The Morgan fingerprint density at radius 1 is 1.14 bits per heavy atom. The van der Waals surface area contributed by atoms with E-state index >= 15 is 0 Å². The van der Waals surface area contributed by atoms with Gasteiger partial charge in [0.25, 0.3) is 0 Å². The van der Waals surface area contributed by atoms with Crippen LogP contribution in [0.15, 0.2) is 36.4 Å². The number of nitro groups is 1. The average Bonchev–Trinajstić information content (AvgIpc) is 2.37. The fraction of sp³-hybridized carbons (Fsp3) is 0.250. The van der Waals surface area contributed by atoms with E-state index in [1.54, 1.807) is 13.0 Å². The van der Waals surface area contributed by atoms with Crippen LogP contribution in [0.1, 0.15) is 29.7 Å². The molecule has 0 amide bonds. The second kappa shape index (κ2) is 5.93. The fourth-order valence-electron chi connectivity index (χ4n) is 2.14. The molecule has 0 saturated carbocycles. The van der Waals surface area contributed by atoms with E-state index in [0.717, 1.165) is 11.1 Å². The molecule has 0 radical (unpaired) electrons. The maximum Gasteiger partial charge on any atom is 0.311 e. The first-order valence-corrected chi connectivity index (χ1v) is 6.59. The van der Waals surface area contributed by atoms with Gasteiger partial charge in [-0.25, -0.2) is 0 Å². The van der Waals surface area contributed by atoms with E-state index < -0.39 is 11.0 Å². The van der Waals surface area contributed by atoms with Gasteiger partial charge in [-0.1, -0.05) is 12.1 Å². The molecule has 0 bridgehead atoms. The quantitative estimate of drug-likeness (QED) is 0.680. The van der Waals surface area contributed by atoms with Crippen molar-refractivity contribution < 1.29 is 14.8 Å². The summed E-state index contributed by atoms with van der Waals surface area (Å²) >= 11 is 0. The molecular formula is C16H17NO4. The molecule has 0 aliphatic heterocycles. The highest BCUT2D eigenvalue weighted by Crippen LogP contribution is 2.34. The maximum absolute atomic E-state index is 11.2. The number of nitrogens with zero attached hydrogens (tertiary/aromatic N) is 1. The standard InChI is InChI=1S/C16H17NO4/c1-10-6-11(2)8-14(7-10)21-16-5-4-13(12(3)18)9-15(16)17(19)20/h4-9,12,18H,1-3H3/t12-/m0/s1. The Bertz CT molecular complexity index is 660. The van der Waals surface area contributed by atoms with Crippen LogP contribution >= 0.6 is 0 Å². The van der Waals surface area contributed by atoms with Crippen LogP contribution in [0.25, 0.3) is 0 Å². The summed E-state index contributed by atoms with van der Waals surface area (Å²) in [5.74, 6) is 0.717. The molecule has 2 aromatic carbocycles. The largest absolute Gasteiger partial charge is 0.450 e. The summed E-state index contributed by atoms with van der Waals surface area (Å²) in [5, 5.41) is 20.7. The van der Waals surface area contributed by atoms with Crippen molar-refractivity contribution in [2.24, 2.45) is 0 Å². The number of aryl methyl sites for hydroxylation is 2. The molecule has 110 valence electrons. The first-order chi connectivity index (χ1) is 9.86. The van der Waals surface area contributed by atoms with E-state index in [4.69, 9.17) is 4.74 Å². The summed E-state index contributed by atoms with van der Waals surface area (Å²) in [6.45, 7) is 5.43. The van der Waals surface area contributed by atoms with Crippen molar-refractivity contribution in [2.75, 3.05) is 0 Å². The first kappa shape index (κ1) is 15.0. The molecule has 0 spiro atoms. The van der Waals surface area contributed by atoms with Gasteiger partial charge in [-0.15, -0.1) is 0 Å². The Morgan fingerprint density at radius 2 is 1.76 bits per heavy atom. The Hall–Kier alpha value is -2.40. The van der Waals surface area contributed by atoms with E-state index in [1.807, 2.05) is 32.0 Å². The van der Waals surface area contributed by atoms with Gasteiger partial charge in [0.1, 0.15) is 5.75 Å². The highest BCUT2D eigenvalue weighted by molar-refractivity contribution is 5.51. The van der Waals surface area contributed by atoms with Crippen LogP contribution < -0.4 is 4.74 Å². The van der Waals surface area contributed by atoms with Crippen LogP contribution in [0.3, 0.4) is 0 Å². The maximum atomic E-state index is 11.2. The number of hydrogen-bond acceptors (Lipinski definition) is 4. The summed E-state index contributed by atoms with van der Waals surface area (Å²) in [6.07, 6.45) is -0.765. The lowest BCUT2D eigenvalue weighted by molar-refractivity contribution is -0.385. The van der Waals surface area contributed by atoms with Gasteiger partial charge in [0.15, 0.2) is 0 Å². The number of aliphatic hydroxyl groups excluding tert-OH is 1. The van der Waals surface area contributed by atoms with Gasteiger partial charge in [-0.2, -0.15) is 0 Å². The lowest BCUT2D eigenvalue weighted by Crippen LogP contribution is -1.98. The summed E-state index contributed by atoms with van der Waals surface area (Å²) in [4.78, 5) is 10.7. The predicted molar refractivity (Wildman–Crippen MR) is 79.7 cm³/mol. The Morgan fingerprint density at radius 3 is 2.29 bits per heavy atom. The van der Waals surface area contributed by atoms with Crippen LogP contribution in [-0.4, -0.2) is 10.0 Å². The molecule has 0 aromatic heterocycles. The molecule has 21 heavy (non-hydrogen) atoms. The molecule has 0 aliphatic carbocycles. The third-order valence-electron chi connectivity index (χ3n) is 3.09. The summed E-state index contributed by atoms with van der Waals surface area (Å²) < 4.78 is 5.64. The van der Waals surface area contributed by atoms with Crippen LogP contribution in [-0.2, 0) is 0 Å². The SMILES string of the molecule is Cc1cc(C)cc(Oc2ccc([C@H](C)O)cc2[N+](=O)[O-])c1. The van der Waals surface area contributed by atoms with Gasteiger partial charge in [-0.3, -0.25) is 10.1 Å². The van der Waals surface area contributed by atoms with Gasteiger partial charge in [0.05, 0.1) is 11.0 Å². The molecule has 0 fully saturated rings. The minimum Gasteiger partial charge on any atom is -0.450 e. The predicted octanol–water partition coefficient (Wildman–Crippen LogP) is 4.06. The van der Waals surface area contributed by atoms with Crippen molar-refractivity contribution in [3.05, 3.63) is 63.2 Å². The zero-order chi connectivity index (χ0) is 15.6. The number of aliphatic hydroxyl groups is 1. The van der Waals surface area contributed by atoms with E-state index in [2.05, 4.69) is 0 Å². The Kier molecular flexibility index (Phi) is 4.23. The Balaban J connectivity index is 2.41. The third kappa shape index (κ3) is 3.58. The number of ether oxygens (including phenoxy) is 1. The smallest absolute Gasteiger partial charge is 0.311 e. The highest BCUT2D eigenvalue weighted by atomic mass is 16.6. The van der Waals surface area contributed by atoms with Gasteiger partial charge in [0, 0.05) is 6.07 Å². The van der Waals surface area contributed by atoms with Gasteiger partial charge >= 0.3 is 5.69 Å². The van der Waals surface area contributed by atoms with Crippen LogP contribution in [0.4, 0.5) is 5.69 Å². The molecule has 5 heteroatoms. The molecule has 0 saturated heterocycles. The van der Waals surface area contributed by atoms with Crippen molar-refractivity contribution in [2.45, 2.75) is 26.9 Å². The molecule has 5 nitrogen and oxygen atoms in total. The van der Waals surface area contributed by atoms with E-state index in [0.29, 0.717) is 11.3 Å². The summed E-state index contributed by atoms with van der Waals surface area (Å²) in [6, 6.07) is 10.1. The second-order valence-corrected chi connectivity index (χ2v) is 5.09. The van der Waals surface area contributed by atoms with Gasteiger partial charge in [0.2, 0.25) is 5.75 Å². The number of rotatable bonds is 4. The molecule has 0 unspecified atom stereocenters. The van der Waals surface area contributed by atoms with Crippen molar-refractivity contribution in [3.8, 4) is 11.5 Å². The third-order valence-corrected chi connectivity index (χ3v) is 3.09. The summed E-state index contributed by atoms with van der Waals surface area (Å²) in [7, 11) is 0. The average molecular weight is 287 g/mol. The minimum atomic E-state index is -0.765. The van der Waals surface area contributed by atoms with Crippen molar-refractivity contribution >= 4 is 5.69 Å². The zero-order valence-electron chi connectivity index (χ0n) is 12.2. The molecule has 0 heterocycles. The van der Waals surface area contributed by atoms with Crippen molar-refractivity contribution in [3.63, 3.8) is 0 Å². The first-order valence-electron chi connectivity index (χ1n) is 6.59. The van der Waals surface area contributed by atoms with Crippen LogP contribution in [0, 0.1) is 24.0 Å². The molecule has 1 atom stereocenters. The van der Waals surface area contributed by atoms with Gasteiger partial charge in [-0.05, 0) is 55.7 Å². The highest BCUT2D eigenvalue weighted by Gasteiger charge is 2.18. The molecule has 2 aromatic rings. The lowest BCUT2D eigenvalue weighted by atomic mass is 10.1. The molecule has 2 rings (SSSR count). The molecule has 1 N–H and O–H groups in total. The normalized spacial score (nSPS) is 12.0. The number of nitro benzene ring substituents is 1. The monoisotopic (exact) mass is 287 g/mol. The van der Waals surface area contributed by atoms with Gasteiger partial charge < -0.3 is 9.84 Å². The molecular weight excluding hydrogens is 270 g/mol. The number of benzene rings is 2. The van der Waals surface area contributed by atoms with E-state index in [9.17, 15) is 15.2 Å². The van der Waals surface area contributed by atoms with E-state index in [-0.39, 0.29) is 11.4 Å². The Labute approximate surface area is 123 Å². The van der Waals surface area contributed by atoms with Crippen LogP contribution in [0.5, 0.6) is 11.5 Å². The molecule has 0 aliphatic rings. The number of hydrogen-bond donors (Lipinski definition) is 1. The van der Waals surface area contributed by atoms with Crippen LogP contribution in [0.2, 0.25) is 0 Å². The van der Waals surface area contributed by atoms with Crippen molar-refractivity contribution in [1.29, 1.82) is 0 Å². The van der Waals surface area contributed by atoms with Crippen molar-refractivity contribution in [1.82, 2.24) is 0 Å². The lowest BCUT2D eigenvalue weighted by Gasteiger charge is -2.10.